The zero-order valence-electron chi connectivity index (χ0n) is 27.1. The molecule has 0 amide bonds. The summed E-state index contributed by atoms with van der Waals surface area (Å²) in [7, 11) is 0. The van der Waals surface area contributed by atoms with Gasteiger partial charge in [0.05, 0.1) is 5.70 Å². The average Bonchev–Trinajstić information content (AvgIpc) is 3.19. The first kappa shape index (κ1) is 31.0. The van der Waals surface area contributed by atoms with Gasteiger partial charge in [0, 0.05) is 34.6 Å². The van der Waals surface area contributed by atoms with Crippen LogP contribution in [0.5, 0.6) is 0 Å². The molecule has 0 atom stereocenters. The highest BCUT2D eigenvalue weighted by Gasteiger charge is 2.13. The van der Waals surface area contributed by atoms with E-state index in [1.165, 1.54) is 5.56 Å². The lowest BCUT2D eigenvalue weighted by atomic mass is 10.00. The largest absolute Gasteiger partial charge is 0.265 e. The summed E-state index contributed by atoms with van der Waals surface area (Å²) in [4.78, 5) is 23.2. The van der Waals surface area contributed by atoms with Gasteiger partial charge in [-0.05, 0) is 71.3 Å². The van der Waals surface area contributed by atoms with Crippen molar-refractivity contribution in [3.8, 4) is 56.4 Å². The molecule has 49 heavy (non-hydrogen) atoms. The van der Waals surface area contributed by atoms with Crippen molar-refractivity contribution in [2.45, 2.75) is 6.92 Å². The summed E-state index contributed by atoms with van der Waals surface area (Å²) in [5.74, 6) is 1.88. The molecule has 0 saturated heterocycles. The molecule has 2 heterocycles. The predicted molar refractivity (Wildman–Crippen MR) is 202 cm³/mol. The van der Waals surface area contributed by atoms with Crippen molar-refractivity contribution in [3.05, 3.63) is 181 Å². The van der Waals surface area contributed by atoms with Crippen LogP contribution in [0.25, 0.3) is 67.7 Å². The van der Waals surface area contributed by atoms with Gasteiger partial charge in [0.1, 0.15) is 0 Å². The molecule has 0 N–H and O–H groups in total. The second kappa shape index (κ2) is 14.4. The highest BCUT2D eigenvalue weighted by Crippen LogP contribution is 2.30. The van der Waals surface area contributed by atoms with Crippen LogP contribution in [-0.2, 0) is 0 Å². The molecule has 2 aromatic heterocycles. The second-order valence-electron chi connectivity index (χ2n) is 11.6. The first-order valence-corrected chi connectivity index (χ1v) is 16.1. The normalized spacial score (nSPS) is 11.7. The summed E-state index contributed by atoms with van der Waals surface area (Å²) in [6.45, 7) is 5.91. The number of allylic oxidation sites excluding steroid dienone is 3. The highest BCUT2D eigenvalue weighted by atomic mass is 15.0. The number of nitrogens with zero attached hydrogens (tertiary/aromatic N) is 5. The summed E-state index contributed by atoms with van der Waals surface area (Å²) < 4.78 is 0. The van der Waals surface area contributed by atoms with Crippen LogP contribution in [0.4, 0.5) is 0 Å². The number of benzene rings is 5. The minimum atomic E-state index is 0.619. The van der Waals surface area contributed by atoms with Crippen molar-refractivity contribution in [1.29, 1.82) is 0 Å². The summed E-state index contributed by atoms with van der Waals surface area (Å²) in [6.07, 6.45) is 7.66. The first-order chi connectivity index (χ1) is 24.1. The fraction of sp³-hybridized carbons (Fsp3) is 0.0227. The topological polar surface area (TPSA) is 63.9 Å². The second-order valence-corrected chi connectivity index (χ2v) is 11.6. The number of aliphatic imine (C=N–C) groups is 1. The minimum Gasteiger partial charge on any atom is -0.265 e. The zero-order chi connectivity index (χ0) is 33.4. The molecule has 0 aliphatic carbocycles. The summed E-state index contributed by atoms with van der Waals surface area (Å²) in [5.41, 5.74) is 11.3. The van der Waals surface area contributed by atoms with Gasteiger partial charge in [-0.15, -0.1) is 0 Å². The van der Waals surface area contributed by atoms with E-state index in [9.17, 15) is 0 Å². The van der Waals surface area contributed by atoms with Crippen LogP contribution in [0.15, 0.2) is 175 Å². The Morgan fingerprint density at radius 1 is 0.469 bits per heavy atom. The summed E-state index contributed by atoms with van der Waals surface area (Å²) in [6, 6.07) is 49.4. The Morgan fingerprint density at radius 2 is 0.918 bits per heavy atom. The first-order valence-electron chi connectivity index (χ1n) is 16.1. The Bertz CT molecular complexity index is 2260. The van der Waals surface area contributed by atoms with Crippen molar-refractivity contribution in [2.75, 3.05) is 0 Å². The molecule has 5 heteroatoms. The van der Waals surface area contributed by atoms with E-state index < -0.39 is 0 Å². The molecule has 0 aliphatic rings. The molecule has 5 aromatic carbocycles. The van der Waals surface area contributed by atoms with Crippen LogP contribution in [0.3, 0.4) is 0 Å². The van der Waals surface area contributed by atoms with Crippen LogP contribution in [0.2, 0.25) is 0 Å². The number of pyridine rings is 1. The third-order valence-corrected chi connectivity index (χ3v) is 8.35. The van der Waals surface area contributed by atoms with E-state index >= 15 is 0 Å². The van der Waals surface area contributed by atoms with Gasteiger partial charge in [0.25, 0.3) is 0 Å². The third-order valence-electron chi connectivity index (χ3n) is 8.35. The van der Waals surface area contributed by atoms with Crippen molar-refractivity contribution in [3.63, 3.8) is 0 Å². The third kappa shape index (κ3) is 7.22. The maximum Gasteiger partial charge on any atom is 0.164 e. The molecule has 234 valence electrons. The van der Waals surface area contributed by atoms with Crippen LogP contribution in [-0.4, -0.2) is 26.7 Å². The SMILES string of the molecule is C=N/C(=C\C=C(/C)c1ccncc1)c1cccc(-c2ccc(-c3nc(-c4ccccc4)nc(-c4ccc(-c5ccccc5)cc4)n3)cc2)c1. The lowest BCUT2D eigenvalue weighted by Crippen LogP contribution is -2.00. The monoisotopic (exact) mass is 631 g/mol. The summed E-state index contributed by atoms with van der Waals surface area (Å²) >= 11 is 0. The Balaban J connectivity index is 1.19. The van der Waals surface area contributed by atoms with Gasteiger partial charge in [0.2, 0.25) is 0 Å². The maximum absolute atomic E-state index is 4.95. The van der Waals surface area contributed by atoms with E-state index in [0.717, 1.165) is 55.8 Å². The van der Waals surface area contributed by atoms with E-state index in [1.807, 2.05) is 72.8 Å². The van der Waals surface area contributed by atoms with E-state index in [4.69, 9.17) is 15.0 Å². The highest BCUT2D eigenvalue weighted by molar-refractivity contribution is 5.78. The average molecular weight is 632 g/mol. The van der Waals surface area contributed by atoms with Gasteiger partial charge in [-0.1, -0.05) is 133 Å². The van der Waals surface area contributed by atoms with Crippen molar-refractivity contribution in [1.82, 2.24) is 19.9 Å². The molecule has 0 saturated carbocycles. The standard InChI is InChI=1S/C44H33N5/c1-31(32-26-28-46-29-27-32)16-25-41(45-2)40-15-9-14-39(30-40)35-19-23-38(24-20-35)44-48-42(36-12-7-4-8-13-36)47-43(49-44)37-21-17-34(18-22-37)33-10-5-3-6-11-33/h3-30H,2H2,1H3/b31-16+,41-25-. The van der Waals surface area contributed by atoms with E-state index in [0.29, 0.717) is 17.5 Å². The molecule has 5 nitrogen and oxygen atoms in total. The van der Waals surface area contributed by atoms with E-state index in [2.05, 4.69) is 109 Å². The molecule has 7 rings (SSSR count). The molecule has 7 aromatic rings. The quantitative estimate of drug-likeness (QED) is 0.117. The van der Waals surface area contributed by atoms with Gasteiger partial charge < -0.3 is 0 Å². The number of aromatic nitrogens is 4. The fourth-order valence-corrected chi connectivity index (χ4v) is 5.62. The lowest BCUT2D eigenvalue weighted by Gasteiger charge is -2.10. The van der Waals surface area contributed by atoms with Crippen LogP contribution in [0.1, 0.15) is 18.1 Å². The molecular formula is C44H33N5. The van der Waals surface area contributed by atoms with Crippen LogP contribution >= 0.6 is 0 Å². The number of rotatable bonds is 9. The van der Waals surface area contributed by atoms with Gasteiger partial charge in [-0.3, -0.25) is 9.98 Å². The van der Waals surface area contributed by atoms with Gasteiger partial charge in [0.15, 0.2) is 17.5 Å². The Hall–Kier alpha value is -6.59. The molecule has 0 unspecified atom stereocenters. The fourth-order valence-electron chi connectivity index (χ4n) is 5.62. The number of hydrogen-bond donors (Lipinski definition) is 0. The molecule has 0 radical (unpaired) electrons. The summed E-state index contributed by atoms with van der Waals surface area (Å²) in [5, 5.41) is 0. The molecule has 0 aliphatic heterocycles. The molecule has 0 spiro atoms. The lowest BCUT2D eigenvalue weighted by molar-refractivity contribution is 1.07. The molecular weight excluding hydrogens is 599 g/mol. The van der Waals surface area contributed by atoms with Crippen molar-refractivity contribution >= 4 is 18.0 Å². The van der Waals surface area contributed by atoms with Crippen molar-refractivity contribution < 1.29 is 0 Å². The minimum absolute atomic E-state index is 0.619. The van der Waals surface area contributed by atoms with Crippen molar-refractivity contribution in [2.24, 2.45) is 4.99 Å². The van der Waals surface area contributed by atoms with Gasteiger partial charge in [-0.25, -0.2) is 15.0 Å². The van der Waals surface area contributed by atoms with E-state index in [1.54, 1.807) is 12.4 Å². The Labute approximate surface area is 286 Å². The van der Waals surface area contributed by atoms with Crippen LogP contribution < -0.4 is 0 Å². The van der Waals surface area contributed by atoms with Crippen LogP contribution in [0, 0.1) is 0 Å². The maximum atomic E-state index is 4.95. The van der Waals surface area contributed by atoms with E-state index in [-0.39, 0.29) is 0 Å². The number of hydrogen-bond acceptors (Lipinski definition) is 5. The zero-order valence-corrected chi connectivity index (χ0v) is 27.1. The van der Waals surface area contributed by atoms with Gasteiger partial charge >= 0.3 is 0 Å². The molecule has 0 fully saturated rings. The molecule has 0 bridgehead atoms. The Morgan fingerprint density at radius 3 is 1.47 bits per heavy atom. The Kier molecular flexibility index (Phi) is 9.15. The smallest absolute Gasteiger partial charge is 0.164 e. The predicted octanol–water partition coefficient (Wildman–Crippen LogP) is 10.7. The van der Waals surface area contributed by atoms with Gasteiger partial charge in [-0.2, -0.15) is 0 Å².